The van der Waals surface area contributed by atoms with Gasteiger partial charge in [-0.3, -0.25) is 4.79 Å². The maximum atomic E-state index is 13.0. The first-order chi connectivity index (χ1) is 15.0. The lowest BCUT2D eigenvalue weighted by Gasteiger charge is -2.19. The molecule has 0 bridgehead atoms. The first-order valence-electron chi connectivity index (χ1n) is 9.34. The molecular formula is C22H18BrF3N2O3S. The third-order valence-electron chi connectivity index (χ3n) is 4.48. The largest absolute Gasteiger partial charge is 0.416 e. The number of carbonyl (C=O) groups is 1. The van der Waals surface area contributed by atoms with Crippen molar-refractivity contribution in [3.63, 3.8) is 0 Å². The van der Waals surface area contributed by atoms with E-state index in [2.05, 4.69) is 26.0 Å². The van der Waals surface area contributed by atoms with Gasteiger partial charge >= 0.3 is 6.18 Å². The molecule has 0 saturated carbocycles. The van der Waals surface area contributed by atoms with E-state index in [0.29, 0.717) is 10.0 Å². The van der Waals surface area contributed by atoms with E-state index in [1.807, 2.05) is 0 Å². The molecule has 0 saturated heterocycles. The number of nitrogens with one attached hydrogen (secondary N) is 2. The summed E-state index contributed by atoms with van der Waals surface area (Å²) < 4.78 is 67.7. The summed E-state index contributed by atoms with van der Waals surface area (Å²) in [6.45, 7) is 0. The highest BCUT2D eigenvalue weighted by molar-refractivity contribution is 9.10. The van der Waals surface area contributed by atoms with Gasteiger partial charge in [0.05, 0.1) is 10.5 Å². The highest BCUT2D eigenvalue weighted by atomic mass is 79.9. The summed E-state index contributed by atoms with van der Waals surface area (Å²) in [4.78, 5) is 12.9. The standard InChI is InChI=1S/C22H18BrF3N2O3S/c23-17-9-11-19(12-10-17)32(30,31)28-20(13-15-5-2-1-3-6-15)21(29)27-18-8-4-7-16(14-18)22(24,25)26/h1-12,14,20,28H,13H2,(H,27,29)/t20-/m1/s1. The molecular weight excluding hydrogens is 509 g/mol. The van der Waals surface area contributed by atoms with Crippen LogP contribution >= 0.6 is 15.9 Å². The van der Waals surface area contributed by atoms with E-state index in [4.69, 9.17) is 0 Å². The van der Waals surface area contributed by atoms with E-state index in [1.165, 1.54) is 18.2 Å². The summed E-state index contributed by atoms with van der Waals surface area (Å²) in [5, 5.41) is 2.38. The number of benzene rings is 3. The number of rotatable bonds is 7. The molecule has 0 heterocycles. The van der Waals surface area contributed by atoms with Gasteiger partial charge in [0.25, 0.3) is 0 Å². The predicted octanol–water partition coefficient (Wildman–Crippen LogP) is 5.00. The van der Waals surface area contributed by atoms with Gasteiger partial charge in [0, 0.05) is 10.2 Å². The molecule has 0 aliphatic carbocycles. The summed E-state index contributed by atoms with van der Waals surface area (Å²) in [7, 11) is -4.08. The molecule has 0 aliphatic rings. The quantitative estimate of drug-likeness (QED) is 0.455. The van der Waals surface area contributed by atoms with Crippen molar-refractivity contribution in [3.05, 3.63) is 94.5 Å². The van der Waals surface area contributed by atoms with E-state index in [1.54, 1.807) is 42.5 Å². The number of anilines is 1. The second-order valence-electron chi connectivity index (χ2n) is 6.89. The van der Waals surface area contributed by atoms with E-state index < -0.39 is 33.7 Å². The molecule has 168 valence electrons. The smallest absolute Gasteiger partial charge is 0.325 e. The Balaban J connectivity index is 1.87. The molecule has 5 nitrogen and oxygen atoms in total. The van der Waals surface area contributed by atoms with Crippen LogP contribution in [0.4, 0.5) is 18.9 Å². The lowest BCUT2D eigenvalue weighted by molar-refractivity contribution is -0.137. The van der Waals surface area contributed by atoms with Crippen molar-refractivity contribution in [2.45, 2.75) is 23.5 Å². The lowest BCUT2D eigenvalue weighted by Crippen LogP contribution is -2.45. The van der Waals surface area contributed by atoms with Crippen molar-refractivity contribution >= 4 is 37.5 Å². The molecule has 1 atom stereocenters. The topological polar surface area (TPSA) is 75.3 Å². The van der Waals surface area contributed by atoms with Crippen molar-refractivity contribution in [3.8, 4) is 0 Å². The first kappa shape index (κ1) is 24.0. The Morgan fingerprint density at radius 3 is 2.22 bits per heavy atom. The van der Waals surface area contributed by atoms with Crippen molar-refractivity contribution in [1.29, 1.82) is 0 Å². The average molecular weight is 527 g/mol. The van der Waals surface area contributed by atoms with Crippen molar-refractivity contribution < 1.29 is 26.4 Å². The summed E-state index contributed by atoms with van der Waals surface area (Å²) in [6.07, 6.45) is -4.57. The summed E-state index contributed by atoms with van der Waals surface area (Å²) in [6, 6.07) is 17.4. The summed E-state index contributed by atoms with van der Waals surface area (Å²) >= 11 is 3.23. The highest BCUT2D eigenvalue weighted by Gasteiger charge is 2.31. The van der Waals surface area contributed by atoms with Gasteiger partial charge in [0.15, 0.2) is 0 Å². The number of carbonyl (C=O) groups excluding carboxylic acids is 1. The second kappa shape index (κ2) is 9.85. The van der Waals surface area contributed by atoms with Crippen LogP contribution in [0.1, 0.15) is 11.1 Å². The Kier molecular flexibility index (Phi) is 7.37. The van der Waals surface area contributed by atoms with Crippen LogP contribution in [-0.2, 0) is 27.4 Å². The highest BCUT2D eigenvalue weighted by Crippen LogP contribution is 2.30. The van der Waals surface area contributed by atoms with Gasteiger partial charge in [0.1, 0.15) is 6.04 Å². The van der Waals surface area contributed by atoms with Crippen LogP contribution in [0, 0.1) is 0 Å². The fourth-order valence-electron chi connectivity index (χ4n) is 2.91. The van der Waals surface area contributed by atoms with E-state index >= 15 is 0 Å². The van der Waals surface area contributed by atoms with Crippen molar-refractivity contribution in [1.82, 2.24) is 4.72 Å². The molecule has 3 aromatic carbocycles. The maximum absolute atomic E-state index is 13.0. The predicted molar refractivity (Wildman–Crippen MR) is 118 cm³/mol. The maximum Gasteiger partial charge on any atom is 0.416 e. The molecule has 32 heavy (non-hydrogen) atoms. The minimum absolute atomic E-state index is 0.00138. The number of sulfonamides is 1. The molecule has 0 unspecified atom stereocenters. The Labute approximate surface area is 191 Å². The monoisotopic (exact) mass is 526 g/mol. The SMILES string of the molecule is O=C(Nc1cccc(C(F)(F)F)c1)[C@@H](Cc1ccccc1)NS(=O)(=O)c1ccc(Br)cc1. The van der Waals surface area contributed by atoms with E-state index in [0.717, 1.165) is 18.2 Å². The van der Waals surface area contributed by atoms with Crippen molar-refractivity contribution in [2.24, 2.45) is 0 Å². The molecule has 0 aliphatic heterocycles. The molecule has 0 fully saturated rings. The number of hydrogen-bond donors (Lipinski definition) is 2. The van der Waals surface area contributed by atoms with Gasteiger partial charge in [-0.2, -0.15) is 17.9 Å². The fraction of sp³-hybridized carbons (Fsp3) is 0.136. The zero-order valence-electron chi connectivity index (χ0n) is 16.4. The molecule has 3 aromatic rings. The zero-order chi connectivity index (χ0) is 23.4. The van der Waals surface area contributed by atoms with Gasteiger partial charge in [-0.05, 0) is 54.4 Å². The number of halogens is 4. The normalized spacial score (nSPS) is 12.9. The van der Waals surface area contributed by atoms with Crippen LogP contribution in [0.5, 0.6) is 0 Å². The molecule has 10 heteroatoms. The minimum atomic E-state index is -4.58. The van der Waals surface area contributed by atoms with Crippen LogP contribution in [0.2, 0.25) is 0 Å². The molecule has 1 amide bonds. The fourth-order valence-corrected chi connectivity index (χ4v) is 4.37. The Hall–Kier alpha value is -2.69. The lowest BCUT2D eigenvalue weighted by atomic mass is 10.1. The minimum Gasteiger partial charge on any atom is -0.325 e. The Morgan fingerprint density at radius 2 is 1.59 bits per heavy atom. The van der Waals surface area contributed by atoms with E-state index in [9.17, 15) is 26.4 Å². The second-order valence-corrected chi connectivity index (χ2v) is 9.51. The van der Waals surface area contributed by atoms with Crippen LogP contribution in [0.3, 0.4) is 0 Å². The van der Waals surface area contributed by atoms with Crippen LogP contribution in [0.25, 0.3) is 0 Å². The number of amides is 1. The molecule has 0 radical (unpaired) electrons. The first-order valence-corrected chi connectivity index (χ1v) is 11.6. The Bertz CT molecular complexity index is 1190. The van der Waals surface area contributed by atoms with Gasteiger partial charge < -0.3 is 5.32 Å². The van der Waals surface area contributed by atoms with Gasteiger partial charge in [-0.15, -0.1) is 0 Å². The van der Waals surface area contributed by atoms with Gasteiger partial charge in [-0.25, -0.2) is 8.42 Å². The zero-order valence-corrected chi connectivity index (χ0v) is 18.8. The van der Waals surface area contributed by atoms with Crippen LogP contribution in [0.15, 0.2) is 88.2 Å². The molecule has 0 aromatic heterocycles. The number of hydrogen-bond acceptors (Lipinski definition) is 3. The average Bonchev–Trinajstić information content (AvgIpc) is 2.74. The van der Waals surface area contributed by atoms with Gasteiger partial charge in [-0.1, -0.05) is 52.3 Å². The van der Waals surface area contributed by atoms with Crippen LogP contribution in [-0.4, -0.2) is 20.4 Å². The summed E-state index contributed by atoms with van der Waals surface area (Å²) in [5.74, 6) is -0.783. The molecule has 2 N–H and O–H groups in total. The van der Waals surface area contributed by atoms with Gasteiger partial charge in [0.2, 0.25) is 15.9 Å². The summed E-state index contributed by atoms with van der Waals surface area (Å²) in [5.41, 5.74) is -0.341. The van der Waals surface area contributed by atoms with E-state index in [-0.39, 0.29) is 17.0 Å². The third-order valence-corrected chi connectivity index (χ3v) is 6.49. The Morgan fingerprint density at radius 1 is 0.938 bits per heavy atom. The molecule has 3 rings (SSSR count). The van der Waals surface area contributed by atoms with Crippen molar-refractivity contribution in [2.75, 3.05) is 5.32 Å². The third kappa shape index (κ3) is 6.41. The number of alkyl halides is 3. The molecule has 0 spiro atoms. The van der Waals surface area contributed by atoms with Crippen LogP contribution < -0.4 is 10.0 Å².